The molecule has 5 heteroatoms. The summed E-state index contributed by atoms with van der Waals surface area (Å²) >= 11 is 1.62. The van der Waals surface area contributed by atoms with E-state index >= 15 is 0 Å². The summed E-state index contributed by atoms with van der Waals surface area (Å²) in [7, 11) is 0. The van der Waals surface area contributed by atoms with E-state index in [0.29, 0.717) is 19.0 Å². The van der Waals surface area contributed by atoms with Gasteiger partial charge in [0.1, 0.15) is 0 Å². The molecule has 0 aliphatic carbocycles. The fourth-order valence-corrected chi connectivity index (χ4v) is 3.21. The SMILES string of the molecule is CCOc1ccc([C@@H](C)NC(=O)/C=C/c2sccc2C)cc1OCC. The van der Waals surface area contributed by atoms with Gasteiger partial charge in [0, 0.05) is 11.0 Å². The fourth-order valence-electron chi connectivity index (χ4n) is 2.39. The molecule has 0 saturated heterocycles. The van der Waals surface area contributed by atoms with Crippen LogP contribution in [0.1, 0.15) is 42.8 Å². The summed E-state index contributed by atoms with van der Waals surface area (Å²) in [5.41, 5.74) is 2.15. The van der Waals surface area contributed by atoms with Crippen LogP contribution in [-0.4, -0.2) is 19.1 Å². The third-order valence-electron chi connectivity index (χ3n) is 3.71. The Balaban J connectivity index is 2.05. The molecular weight excluding hydrogens is 334 g/mol. The highest BCUT2D eigenvalue weighted by Crippen LogP contribution is 2.30. The lowest BCUT2D eigenvalue weighted by atomic mass is 10.1. The summed E-state index contributed by atoms with van der Waals surface area (Å²) in [5, 5.41) is 5.00. The van der Waals surface area contributed by atoms with Crippen molar-refractivity contribution in [2.75, 3.05) is 13.2 Å². The Morgan fingerprint density at radius 2 is 1.92 bits per heavy atom. The largest absolute Gasteiger partial charge is 0.490 e. The van der Waals surface area contributed by atoms with Crippen LogP contribution in [0.3, 0.4) is 0 Å². The van der Waals surface area contributed by atoms with Gasteiger partial charge >= 0.3 is 0 Å². The van der Waals surface area contributed by atoms with Gasteiger partial charge in [-0.2, -0.15) is 0 Å². The Labute approximate surface area is 153 Å². The molecule has 0 aliphatic rings. The number of rotatable bonds is 8. The normalized spacial score (nSPS) is 12.2. The zero-order valence-corrected chi connectivity index (χ0v) is 16.0. The minimum absolute atomic E-state index is 0.118. The number of carbonyl (C=O) groups is 1. The first-order chi connectivity index (χ1) is 12.0. The van der Waals surface area contributed by atoms with Gasteiger partial charge in [-0.05, 0) is 68.5 Å². The van der Waals surface area contributed by atoms with E-state index in [9.17, 15) is 4.79 Å². The summed E-state index contributed by atoms with van der Waals surface area (Å²) in [5.74, 6) is 1.31. The average Bonchev–Trinajstić information content (AvgIpc) is 3.00. The second-order valence-corrected chi connectivity index (χ2v) is 6.55. The summed E-state index contributed by atoms with van der Waals surface area (Å²) in [6.07, 6.45) is 3.43. The van der Waals surface area contributed by atoms with Crippen LogP contribution in [0.25, 0.3) is 6.08 Å². The lowest BCUT2D eigenvalue weighted by Crippen LogP contribution is -2.24. The summed E-state index contributed by atoms with van der Waals surface area (Å²) < 4.78 is 11.2. The lowest BCUT2D eigenvalue weighted by Gasteiger charge is -2.17. The van der Waals surface area contributed by atoms with Crippen molar-refractivity contribution in [3.8, 4) is 11.5 Å². The molecule has 134 valence electrons. The Kier molecular flexibility index (Phi) is 7.07. The van der Waals surface area contributed by atoms with Gasteiger partial charge in [-0.15, -0.1) is 11.3 Å². The van der Waals surface area contributed by atoms with E-state index < -0.39 is 0 Å². The van der Waals surface area contributed by atoms with Crippen molar-refractivity contribution in [1.29, 1.82) is 0 Å². The van der Waals surface area contributed by atoms with E-state index in [0.717, 1.165) is 16.2 Å². The molecule has 0 aliphatic heterocycles. The van der Waals surface area contributed by atoms with E-state index in [1.807, 2.05) is 63.4 Å². The second kappa shape index (κ2) is 9.28. The van der Waals surface area contributed by atoms with Gasteiger partial charge in [0.2, 0.25) is 5.91 Å². The van der Waals surface area contributed by atoms with Crippen molar-refractivity contribution in [3.05, 3.63) is 51.7 Å². The van der Waals surface area contributed by atoms with Gasteiger partial charge in [0.15, 0.2) is 11.5 Å². The van der Waals surface area contributed by atoms with Crippen LogP contribution < -0.4 is 14.8 Å². The van der Waals surface area contributed by atoms with Crippen molar-refractivity contribution in [2.24, 2.45) is 0 Å². The number of amides is 1. The van der Waals surface area contributed by atoms with Crippen LogP contribution in [0, 0.1) is 6.92 Å². The van der Waals surface area contributed by atoms with Gasteiger partial charge in [-0.1, -0.05) is 6.07 Å². The summed E-state index contributed by atoms with van der Waals surface area (Å²) in [6.45, 7) is 9.00. The molecule has 2 aromatic rings. The van der Waals surface area contributed by atoms with Crippen molar-refractivity contribution in [1.82, 2.24) is 5.32 Å². The van der Waals surface area contributed by atoms with E-state index in [4.69, 9.17) is 9.47 Å². The van der Waals surface area contributed by atoms with Crippen LogP contribution in [-0.2, 0) is 4.79 Å². The zero-order chi connectivity index (χ0) is 18.2. The topological polar surface area (TPSA) is 47.6 Å². The van der Waals surface area contributed by atoms with Gasteiger partial charge in [-0.25, -0.2) is 0 Å². The monoisotopic (exact) mass is 359 g/mol. The predicted molar refractivity (Wildman–Crippen MR) is 103 cm³/mol. The third-order valence-corrected chi connectivity index (χ3v) is 4.70. The number of nitrogens with one attached hydrogen (secondary N) is 1. The Hall–Kier alpha value is -2.27. The fraction of sp³-hybridized carbons (Fsp3) is 0.350. The van der Waals surface area contributed by atoms with Crippen molar-refractivity contribution in [3.63, 3.8) is 0 Å². The number of aryl methyl sites for hydroxylation is 1. The number of carbonyl (C=O) groups excluding carboxylic acids is 1. The van der Waals surface area contributed by atoms with Crippen molar-refractivity contribution < 1.29 is 14.3 Å². The molecular formula is C20H25NO3S. The molecule has 1 N–H and O–H groups in total. The molecule has 25 heavy (non-hydrogen) atoms. The standard InChI is InChI=1S/C20H25NO3S/c1-5-23-17-8-7-16(13-18(17)24-6-2)15(4)21-20(22)10-9-19-14(3)11-12-25-19/h7-13,15H,5-6H2,1-4H3,(H,21,22)/b10-9+/t15-/m1/s1. The minimum atomic E-state index is -0.128. The molecule has 0 bridgehead atoms. The maximum atomic E-state index is 12.2. The van der Waals surface area contributed by atoms with Crippen LogP contribution >= 0.6 is 11.3 Å². The van der Waals surface area contributed by atoms with Gasteiger partial charge < -0.3 is 14.8 Å². The molecule has 1 atom stereocenters. The van der Waals surface area contributed by atoms with Gasteiger partial charge in [-0.3, -0.25) is 4.79 Å². The second-order valence-electron chi connectivity index (χ2n) is 5.60. The maximum absolute atomic E-state index is 12.2. The maximum Gasteiger partial charge on any atom is 0.244 e. The summed E-state index contributed by atoms with van der Waals surface area (Å²) in [4.78, 5) is 13.3. The molecule has 0 unspecified atom stereocenters. The highest BCUT2D eigenvalue weighted by atomic mass is 32.1. The zero-order valence-electron chi connectivity index (χ0n) is 15.2. The molecule has 1 amide bonds. The Morgan fingerprint density at radius 3 is 2.56 bits per heavy atom. The molecule has 0 saturated carbocycles. The van der Waals surface area contributed by atoms with E-state index in [1.165, 1.54) is 5.56 Å². The van der Waals surface area contributed by atoms with E-state index in [1.54, 1.807) is 17.4 Å². The first-order valence-corrected chi connectivity index (χ1v) is 9.35. The molecule has 4 nitrogen and oxygen atoms in total. The van der Waals surface area contributed by atoms with Crippen LogP contribution in [0.15, 0.2) is 35.7 Å². The molecule has 0 spiro atoms. The van der Waals surface area contributed by atoms with Crippen LogP contribution in [0.4, 0.5) is 0 Å². The molecule has 2 rings (SSSR count). The number of ether oxygens (including phenoxy) is 2. The van der Waals surface area contributed by atoms with Crippen molar-refractivity contribution >= 4 is 23.3 Å². The number of thiophene rings is 1. The Bertz CT molecular complexity index is 736. The lowest BCUT2D eigenvalue weighted by molar-refractivity contribution is -0.117. The third kappa shape index (κ3) is 5.36. The number of hydrogen-bond acceptors (Lipinski definition) is 4. The smallest absolute Gasteiger partial charge is 0.244 e. The van der Waals surface area contributed by atoms with Crippen molar-refractivity contribution in [2.45, 2.75) is 33.7 Å². The highest BCUT2D eigenvalue weighted by Gasteiger charge is 2.12. The first-order valence-electron chi connectivity index (χ1n) is 8.47. The van der Waals surface area contributed by atoms with Crippen LogP contribution in [0.2, 0.25) is 0 Å². The molecule has 0 radical (unpaired) electrons. The van der Waals surface area contributed by atoms with E-state index in [-0.39, 0.29) is 11.9 Å². The molecule has 1 aromatic heterocycles. The summed E-state index contributed by atoms with van der Waals surface area (Å²) in [6, 6.07) is 7.67. The predicted octanol–water partition coefficient (Wildman–Crippen LogP) is 4.74. The Morgan fingerprint density at radius 1 is 1.20 bits per heavy atom. The molecule has 1 heterocycles. The minimum Gasteiger partial charge on any atom is -0.490 e. The first kappa shape index (κ1) is 19.1. The van der Waals surface area contributed by atoms with Gasteiger partial charge in [0.25, 0.3) is 0 Å². The van der Waals surface area contributed by atoms with Gasteiger partial charge in [0.05, 0.1) is 19.3 Å². The molecule has 0 fully saturated rings. The molecule has 1 aromatic carbocycles. The van der Waals surface area contributed by atoms with E-state index in [2.05, 4.69) is 5.32 Å². The average molecular weight is 359 g/mol. The quantitative estimate of drug-likeness (QED) is 0.692. The van der Waals surface area contributed by atoms with Crippen LogP contribution in [0.5, 0.6) is 11.5 Å². The highest BCUT2D eigenvalue weighted by molar-refractivity contribution is 7.11. The number of benzene rings is 1. The number of hydrogen-bond donors (Lipinski definition) is 1.